The van der Waals surface area contributed by atoms with E-state index in [0.717, 1.165) is 22.6 Å². The fourth-order valence-electron chi connectivity index (χ4n) is 2.24. The number of epoxide rings is 1. The second-order valence-corrected chi connectivity index (χ2v) is 4.78. The average Bonchev–Trinajstić information content (AvgIpc) is 3.28. The Kier molecular flexibility index (Phi) is 2.64. The summed E-state index contributed by atoms with van der Waals surface area (Å²) in [6, 6.07) is 20.2. The minimum absolute atomic E-state index is 0.0231. The SMILES string of the molecule is c1ccc(-c2nc([C@@H]3CO3)oc2-c2ccccc2)cc1. The summed E-state index contributed by atoms with van der Waals surface area (Å²) in [4.78, 5) is 4.63. The summed E-state index contributed by atoms with van der Waals surface area (Å²) in [5.41, 5.74) is 2.97. The molecule has 2 heterocycles. The van der Waals surface area contributed by atoms with Crippen molar-refractivity contribution in [2.75, 3.05) is 6.61 Å². The maximum Gasteiger partial charge on any atom is 0.227 e. The molecule has 0 saturated carbocycles. The summed E-state index contributed by atoms with van der Waals surface area (Å²) in [5.74, 6) is 1.48. The fourth-order valence-corrected chi connectivity index (χ4v) is 2.24. The lowest BCUT2D eigenvalue weighted by Crippen LogP contribution is -1.82. The van der Waals surface area contributed by atoms with Crippen LogP contribution in [0.4, 0.5) is 0 Å². The Balaban J connectivity index is 1.88. The molecule has 20 heavy (non-hydrogen) atoms. The molecule has 3 nitrogen and oxygen atoms in total. The van der Waals surface area contributed by atoms with Gasteiger partial charge in [-0.2, -0.15) is 0 Å². The molecule has 4 rings (SSSR count). The Bertz CT molecular complexity index is 658. The first-order chi connectivity index (χ1) is 9.92. The van der Waals surface area contributed by atoms with Crippen LogP contribution in [0.2, 0.25) is 0 Å². The van der Waals surface area contributed by atoms with Crippen LogP contribution in [0.3, 0.4) is 0 Å². The van der Waals surface area contributed by atoms with Crippen LogP contribution in [0.25, 0.3) is 22.6 Å². The van der Waals surface area contributed by atoms with Crippen LogP contribution in [0.5, 0.6) is 0 Å². The Labute approximate surface area is 116 Å². The van der Waals surface area contributed by atoms with Crippen molar-refractivity contribution < 1.29 is 9.15 Å². The number of ether oxygens (including phenoxy) is 1. The van der Waals surface area contributed by atoms with Gasteiger partial charge in [-0.15, -0.1) is 0 Å². The smallest absolute Gasteiger partial charge is 0.227 e. The van der Waals surface area contributed by atoms with Crippen molar-refractivity contribution >= 4 is 0 Å². The first kappa shape index (κ1) is 11.4. The fraction of sp³-hybridized carbons (Fsp3) is 0.118. The summed E-state index contributed by atoms with van der Waals surface area (Å²) in [7, 11) is 0. The summed E-state index contributed by atoms with van der Waals surface area (Å²) in [6.45, 7) is 0.697. The monoisotopic (exact) mass is 263 g/mol. The first-order valence-corrected chi connectivity index (χ1v) is 6.65. The molecule has 0 amide bonds. The van der Waals surface area contributed by atoms with Crippen LogP contribution in [0, 0.1) is 0 Å². The van der Waals surface area contributed by atoms with Gasteiger partial charge in [0.25, 0.3) is 0 Å². The van der Waals surface area contributed by atoms with E-state index in [4.69, 9.17) is 9.15 Å². The van der Waals surface area contributed by atoms with E-state index in [0.29, 0.717) is 12.5 Å². The zero-order valence-corrected chi connectivity index (χ0v) is 10.8. The normalized spacial score (nSPS) is 17.1. The Hall–Kier alpha value is -2.39. The third-order valence-electron chi connectivity index (χ3n) is 3.34. The summed E-state index contributed by atoms with van der Waals surface area (Å²) in [5, 5.41) is 0. The first-order valence-electron chi connectivity index (χ1n) is 6.65. The highest BCUT2D eigenvalue weighted by Gasteiger charge is 2.32. The third-order valence-corrected chi connectivity index (χ3v) is 3.34. The van der Waals surface area contributed by atoms with Crippen molar-refractivity contribution in [2.45, 2.75) is 6.10 Å². The van der Waals surface area contributed by atoms with Gasteiger partial charge >= 0.3 is 0 Å². The molecule has 2 aromatic carbocycles. The lowest BCUT2D eigenvalue weighted by atomic mass is 10.1. The van der Waals surface area contributed by atoms with Gasteiger partial charge in [0.15, 0.2) is 11.9 Å². The van der Waals surface area contributed by atoms with Crippen LogP contribution < -0.4 is 0 Å². The van der Waals surface area contributed by atoms with Crippen molar-refractivity contribution in [1.82, 2.24) is 4.98 Å². The van der Waals surface area contributed by atoms with Gasteiger partial charge in [0.2, 0.25) is 5.89 Å². The molecule has 1 fully saturated rings. The number of aromatic nitrogens is 1. The summed E-state index contributed by atoms with van der Waals surface area (Å²) in [6.07, 6.45) is 0.0231. The minimum Gasteiger partial charge on any atom is -0.437 e. The lowest BCUT2D eigenvalue weighted by Gasteiger charge is -2.00. The molecule has 1 atom stereocenters. The molecule has 0 bridgehead atoms. The molecule has 98 valence electrons. The van der Waals surface area contributed by atoms with Gasteiger partial charge in [0.05, 0.1) is 6.61 Å². The zero-order chi connectivity index (χ0) is 13.4. The van der Waals surface area contributed by atoms with Crippen molar-refractivity contribution in [3.63, 3.8) is 0 Å². The predicted octanol–water partition coefficient (Wildman–Crippen LogP) is 4.08. The molecule has 0 unspecified atom stereocenters. The summed E-state index contributed by atoms with van der Waals surface area (Å²) >= 11 is 0. The van der Waals surface area contributed by atoms with E-state index in [1.807, 2.05) is 60.7 Å². The highest BCUT2D eigenvalue weighted by molar-refractivity contribution is 5.76. The number of hydrogen-bond donors (Lipinski definition) is 0. The van der Waals surface area contributed by atoms with Crippen molar-refractivity contribution in [1.29, 1.82) is 0 Å². The van der Waals surface area contributed by atoms with E-state index in [9.17, 15) is 0 Å². The highest BCUT2D eigenvalue weighted by Crippen LogP contribution is 2.38. The van der Waals surface area contributed by atoms with Crippen LogP contribution in [-0.2, 0) is 4.74 Å². The van der Waals surface area contributed by atoms with Crippen LogP contribution in [0.1, 0.15) is 12.0 Å². The summed E-state index contributed by atoms with van der Waals surface area (Å²) < 4.78 is 11.2. The maximum atomic E-state index is 5.94. The largest absolute Gasteiger partial charge is 0.437 e. The van der Waals surface area contributed by atoms with E-state index >= 15 is 0 Å². The average molecular weight is 263 g/mol. The quantitative estimate of drug-likeness (QED) is 0.668. The standard InChI is InChI=1S/C17H13NO2/c1-3-7-12(8-4-1)15-16(13-9-5-2-6-10-13)20-17(18-15)14-11-19-14/h1-10,14H,11H2/t14-/m0/s1. The zero-order valence-electron chi connectivity index (χ0n) is 10.8. The van der Waals surface area contributed by atoms with Crippen LogP contribution >= 0.6 is 0 Å². The molecular formula is C17H13NO2. The van der Waals surface area contributed by atoms with Gasteiger partial charge in [-0.05, 0) is 0 Å². The van der Waals surface area contributed by atoms with Crippen LogP contribution in [-0.4, -0.2) is 11.6 Å². The number of benzene rings is 2. The molecule has 1 saturated heterocycles. The molecule has 1 aliphatic rings. The number of hydrogen-bond acceptors (Lipinski definition) is 3. The molecule has 1 aromatic heterocycles. The van der Waals surface area contributed by atoms with E-state index in [2.05, 4.69) is 4.98 Å². The van der Waals surface area contributed by atoms with Gasteiger partial charge in [-0.25, -0.2) is 4.98 Å². The predicted molar refractivity (Wildman–Crippen MR) is 76.1 cm³/mol. The Morgan fingerprint density at radius 1 is 0.850 bits per heavy atom. The molecule has 0 aliphatic carbocycles. The highest BCUT2D eigenvalue weighted by atomic mass is 16.6. The van der Waals surface area contributed by atoms with E-state index in [1.54, 1.807) is 0 Å². The molecule has 3 aromatic rings. The number of oxazole rings is 1. The van der Waals surface area contributed by atoms with Crippen molar-refractivity contribution in [3.8, 4) is 22.6 Å². The van der Waals surface area contributed by atoms with Gasteiger partial charge in [0, 0.05) is 11.1 Å². The molecule has 0 spiro atoms. The Morgan fingerprint density at radius 2 is 1.45 bits per heavy atom. The van der Waals surface area contributed by atoms with Gasteiger partial charge in [-0.1, -0.05) is 60.7 Å². The van der Waals surface area contributed by atoms with E-state index < -0.39 is 0 Å². The van der Waals surface area contributed by atoms with Crippen molar-refractivity contribution in [3.05, 3.63) is 66.6 Å². The van der Waals surface area contributed by atoms with Crippen molar-refractivity contribution in [2.24, 2.45) is 0 Å². The molecule has 3 heteroatoms. The third kappa shape index (κ3) is 2.02. The molecule has 0 N–H and O–H groups in total. The second kappa shape index (κ2) is 4.62. The second-order valence-electron chi connectivity index (χ2n) is 4.78. The minimum atomic E-state index is 0.0231. The van der Waals surface area contributed by atoms with Gasteiger partial charge < -0.3 is 9.15 Å². The lowest BCUT2D eigenvalue weighted by molar-refractivity contribution is 0.365. The van der Waals surface area contributed by atoms with Gasteiger partial charge in [0.1, 0.15) is 5.69 Å². The number of rotatable bonds is 3. The topological polar surface area (TPSA) is 38.6 Å². The molecule has 0 radical (unpaired) electrons. The molecule has 1 aliphatic heterocycles. The van der Waals surface area contributed by atoms with E-state index in [-0.39, 0.29) is 6.10 Å². The Morgan fingerprint density at radius 3 is 2.05 bits per heavy atom. The van der Waals surface area contributed by atoms with Crippen LogP contribution in [0.15, 0.2) is 65.1 Å². The number of nitrogens with zero attached hydrogens (tertiary/aromatic N) is 1. The maximum absolute atomic E-state index is 5.94. The van der Waals surface area contributed by atoms with E-state index in [1.165, 1.54) is 0 Å². The van der Waals surface area contributed by atoms with Gasteiger partial charge in [-0.3, -0.25) is 0 Å². The molecular weight excluding hydrogens is 250 g/mol.